The second kappa shape index (κ2) is 21.7. The summed E-state index contributed by atoms with van der Waals surface area (Å²) in [7, 11) is -16.5. The van der Waals surface area contributed by atoms with Gasteiger partial charge in [-0.15, -0.1) is 5.06 Å². The van der Waals surface area contributed by atoms with E-state index in [1.165, 1.54) is 30.3 Å². The van der Waals surface area contributed by atoms with Crippen LogP contribution in [0, 0.1) is 0 Å². The Balaban J connectivity index is 1.45. The average Bonchev–Trinajstić information content (AvgIpc) is 3.76. The first-order valence-electron chi connectivity index (χ1n) is 21.6. The maximum Gasteiger partial charge on any atom is 0.335 e. The molecule has 3 atom stereocenters. The van der Waals surface area contributed by atoms with E-state index in [9.17, 15) is 66.8 Å². The number of allylic oxidation sites excluding steroid dienone is 7. The number of aliphatic hydroxyl groups excluding tert-OH is 1. The van der Waals surface area contributed by atoms with Crippen LogP contribution in [0.2, 0.25) is 0 Å². The van der Waals surface area contributed by atoms with Crippen molar-refractivity contribution in [3.63, 3.8) is 0 Å². The summed E-state index contributed by atoms with van der Waals surface area (Å²) in [4.78, 5) is 44.1. The molecule has 3 aliphatic heterocycles. The van der Waals surface area contributed by atoms with Crippen LogP contribution < -0.4 is 9.80 Å². The van der Waals surface area contributed by atoms with Crippen LogP contribution in [0.4, 0.5) is 11.4 Å². The average molecular weight is 1040 g/mol. The van der Waals surface area contributed by atoms with Gasteiger partial charge in [0.25, 0.3) is 52.3 Å². The van der Waals surface area contributed by atoms with Crippen LogP contribution in [0.15, 0.2) is 94.4 Å². The minimum atomic E-state index is -4.69. The SMILES string of the molecule is COS(=O)(=O)c1ccc2c(c1)C(C)(CCCS(=O)(=O)O)C(C)(/C=C/C=C/C=C/C=C1/N(CCOCCC(=O)ON3C(=O)CCC3=O)c3ccc(S(=O)(=O)O)cc3C1(C)CCCS(=O)(=O)O)N2CCO. The number of hydrogen-bond acceptors (Lipinski definition) is 17. The fourth-order valence-electron chi connectivity index (χ4n) is 9.09. The molecule has 3 unspecified atom stereocenters. The molecule has 1 saturated heterocycles. The smallest absolute Gasteiger partial charge is 0.335 e. The third-order valence-electron chi connectivity index (χ3n) is 12.8. The zero-order chi connectivity index (χ0) is 51.2. The fraction of sp³-hybridized carbons (Fsp3) is 0.477. The second-order valence-corrected chi connectivity index (χ2v) is 23.4. The molecule has 3 aliphatic rings. The summed E-state index contributed by atoms with van der Waals surface area (Å²) in [5.41, 5.74) is -0.492. The van der Waals surface area contributed by atoms with Crippen molar-refractivity contribution in [2.24, 2.45) is 0 Å². The predicted octanol–water partition coefficient (Wildman–Crippen LogP) is 3.78. The normalized spacial score (nSPS) is 22.8. The van der Waals surface area contributed by atoms with Gasteiger partial charge >= 0.3 is 5.97 Å². The first-order chi connectivity index (χ1) is 32.1. The van der Waals surface area contributed by atoms with Gasteiger partial charge in [0, 0.05) is 53.8 Å². The van der Waals surface area contributed by atoms with Crippen molar-refractivity contribution >= 4 is 69.6 Å². The molecule has 0 aliphatic carbocycles. The summed E-state index contributed by atoms with van der Waals surface area (Å²) < 4.78 is 137. The largest absolute Gasteiger partial charge is 0.395 e. The Hall–Kier alpha value is -4.83. The number of imide groups is 1. The van der Waals surface area contributed by atoms with Crippen molar-refractivity contribution in [3.05, 3.63) is 95.8 Å². The molecule has 21 nitrogen and oxygen atoms in total. The Morgan fingerprint density at radius 3 is 1.93 bits per heavy atom. The van der Waals surface area contributed by atoms with Crippen molar-refractivity contribution < 1.29 is 80.6 Å². The summed E-state index contributed by atoms with van der Waals surface area (Å²) >= 11 is 0. The summed E-state index contributed by atoms with van der Waals surface area (Å²) in [5.74, 6) is -3.29. The standard InChI is InChI=1S/C44H57N3O18S4/c1-42(20-10-28-66(52,53)54)34-30-32(68(58,59)60)13-15-36(34)45(24-27-64-26-19-41(51)65-47-39(49)17-18-40(47)50)38(42)12-8-6-5-7-9-22-44(3)43(2,21-11-29-67(55,56)57)35-31-33(69(61,62)63-4)14-16-37(35)46(44)23-25-48/h5-9,12-16,22,30-31,48H,10-11,17-21,23-29H2,1-4H3,(H,52,53,54)(H,55,56,57)(H,58,59,60)/b7-5+,8-6+,22-9+,38-12+. The molecule has 4 N–H and O–H groups in total. The van der Waals surface area contributed by atoms with E-state index in [0.29, 0.717) is 33.3 Å². The summed E-state index contributed by atoms with van der Waals surface area (Å²) in [6, 6.07) is 8.41. The van der Waals surface area contributed by atoms with Gasteiger partial charge in [0.1, 0.15) is 0 Å². The molecule has 0 saturated carbocycles. The van der Waals surface area contributed by atoms with Crippen LogP contribution >= 0.6 is 0 Å². The van der Waals surface area contributed by atoms with Crippen LogP contribution in [-0.2, 0) is 79.4 Å². The summed E-state index contributed by atoms with van der Waals surface area (Å²) in [5, 5.41) is 10.6. The van der Waals surface area contributed by atoms with Gasteiger partial charge in [0.05, 0.1) is 60.2 Å². The van der Waals surface area contributed by atoms with Crippen molar-refractivity contribution in [2.75, 3.05) is 61.3 Å². The zero-order valence-electron chi connectivity index (χ0n) is 38.4. The van der Waals surface area contributed by atoms with Crippen LogP contribution in [0.25, 0.3) is 0 Å². The number of ether oxygens (including phenoxy) is 1. The fourth-order valence-corrected chi connectivity index (χ4v) is 11.3. The van der Waals surface area contributed by atoms with Gasteiger partial charge in [-0.2, -0.15) is 33.7 Å². The molecule has 3 heterocycles. The van der Waals surface area contributed by atoms with Crippen molar-refractivity contribution in [3.8, 4) is 0 Å². The lowest BCUT2D eigenvalue weighted by molar-refractivity contribution is -0.198. The molecule has 2 aromatic carbocycles. The van der Waals surface area contributed by atoms with E-state index in [4.69, 9.17) is 13.8 Å². The minimum absolute atomic E-state index is 0.0123. The number of fused-ring (bicyclic) bond motifs is 2. The van der Waals surface area contributed by atoms with Gasteiger partial charge in [-0.3, -0.25) is 27.4 Å². The lowest BCUT2D eigenvalue weighted by atomic mass is 9.67. The van der Waals surface area contributed by atoms with E-state index in [-0.39, 0.29) is 82.8 Å². The van der Waals surface area contributed by atoms with Gasteiger partial charge in [0.2, 0.25) is 0 Å². The van der Waals surface area contributed by atoms with Gasteiger partial charge < -0.3 is 24.5 Å². The highest BCUT2D eigenvalue weighted by molar-refractivity contribution is 7.87. The van der Waals surface area contributed by atoms with E-state index < -0.39 is 91.0 Å². The maximum atomic E-state index is 12.8. The number of carbonyl (C=O) groups is 3. The van der Waals surface area contributed by atoms with E-state index in [2.05, 4.69) is 0 Å². The lowest BCUT2D eigenvalue weighted by Crippen LogP contribution is -2.54. The molecule has 0 bridgehead atoms. The van der Waals surface area contributed by atoms with Gasteiger partial charge in [0.15, 0.2) is 0 Å². The monoisotopic (exact) mass is 1040 g/mol. The quantitative estimate of drug-likeness (QED) is 0.0382. The Bertz CT molecular complexity index is 2870. The minimum Gasteiger partial charge on any atom is -0.395 e. The number of nitrogens with zero attached hydrogens (tertiary/aromatic N) is 3. The predicted molar refractivity (Wildman–Crippen MR) is 251 cm³/mol. The van der Waals surface area contributed by atoms with Crippen molar-refractivity contribution in [1.82, 2.24) is 5.06 Å². The van der Waals surface area contributed by atoms with Crippen LogP contribution in [0.5, 0.6) is 0 Å². The molecular weight excluding hydrogens is 987 g/mol. The Morgan fingerprint density at radius 1 is 0.739 bits per heavy atom. The number of hydroxylamine groups is 2. The first-order valence-corrected chi connectivity index (χ1v) is 27.7. The highest BCUT2D eigenvalue weighted by atomic mass is 32.2. The zero-order valence-corrected chi connectivity index (χ0v) is 41.6. The third-order valence-corrected chi connectivity index (χ3v) is 16.5. The second-order valence-electron chi connectivity index (χ2n) is 17.2. The Kier molecular flexibility index (Phi) is 17.3. The molecule has 0 radical (unpaired) electrons. The van der Waals surface area contributed by atoms with Gasteiger partial charge in [-0.05, 0) is 93.1 Å². The molecule has 380 valence electrons. The maximum absolute atomic E-state index is 12.8. The van der Waals surface area contributed by atoms with E-state index in [1.54, 1.807) is 54.3 Å². The molecule has 2 amide bonds. The van der Waals surface area contributed by atoms with Gasteiger partial charge in [-0.1, -0.05) is 43.4 Å². The topological polar surface area (TPSA) is 306 Å². The number of amides is 2. The molecule has 1 fully saturated rings. The van der Waals surface area contributed by atoms with E-state index >= 15 is 0 Å². The van der Waals surface area contributed by atoms with E-state index in [1.807, 2.05) is 24.8 Å². The lowest BCUT2D eigenvalue weighted by Gasteiger charge is -2.45. The molecule has 25 heteroatoms. The number of benzene rings is 2. The van der Waals surface area contributed by atoms with Gasteiger partial charge in [-0.25, -0.2) is 4.79 Å². The van der Waals surface area contributed by atoms with Crippen molar-refractivity contribution in [1.29, 1.82) is 0 Å². The molecular formula is C44H57N3O18S4. The van der Waals surface area contributed by atoms with E-state index in [0.717, 1.165) is 7.11 Å². The molecule has 69 heavy (non-hydrogen) atoms. The number of hydrogen-bond donors (Lipinski definition) is 4. The van der Waals surface area contributed by atoms with Crippen LogP contribution in [0.1, 0.15) is 76.8 Å². The number of aliphatic hydroxyl groups is 1. The Labute approximate surface area is 402 Å². The van der Waals surface area contributed by atoms with Crippen LogP contribution in [0.3, 0.4) is 0 Å². The number of rotatable bonds is 24. The molecule has 5 rings (SSSR count). The molecule has 0 spiro atoms. The van der Waals surface area contributed by atoms with Crippen LogP contribution in [-0.4, -0.2) is 132 Å². The Morgan fingerprint density at radius 2 is 1.32 bits per heavy atom. The number of β-amino-alcohol motifs (C(OH)–C–C–N with tert-alkyl or cyclic N) is 1. The number of anilines is 2. The summed E-state index contributed by atoms with van der Waals surface area (Å²) in [6.45, 7) is 5.21. The highest BCUT2D eigenvalue weighted by Crippen LogP contribution is 2.55. The number of carbonyl (C=O) groups excluding carboxylic acids is 3. The third kappa shape index (κ3) is 12.7. The highest BCUT2D eigenvalue weighted by Gasteiger charge is 2.55. The first kappa shape index (κ1) is 55.1. The molecule has 2 aromatic rings. The molecule has 0 aromatic heterocycles. The van der Waals surface area contributed by atoms with Crippen molar-refractivity contribution in [2.45, 2.75) is 91.9 Å². The summed E-state index contributed by atoms with van der Waals surface area (Å²) in [6.07, 6.45) is 11.8.